The summed E-state index contributed by atoms with van der Waals surface area (Å²) in [6.45, 7) is 9.03. The molecule has 0 nitrogen and oxygen atoms in total. The number of halogens is 7. The Morgan fingerprint density at radius 2 is 1.12 bits per heavy atom. The average Bonchev–Trinajstić information content (AvgIpc) is 2.47. The quantitative estimate of drug-likeness (QED) is 0.302. The molecule has 0 aromatic heterocycles. The summed E-state index contributed by atoms with van der Waals surface area (Å²) in [6.07, 6.45) is 1.18. The molecule has 8 heteroatoms. The number of aryl methyl sites for hydroxylation is 1. The molecule has 0 aliphatic rings. The molecular formula is C18H22F6IP. The molecule has 0 fully saturated rings. The third-order valence-electron chi connectivity index (χ3n) is 3.74. The first-order valence-electron chi connectivity index (χ1n) is 7.85. The van der Waals surface area contributed by atoms with E-state index in [-0.39, 0.29) is 21.2 Å². The molecule has 0 spiro atoms. The zero-order valence-corrected chi connectivity index (χ0v) is 18.0. The van der Waals surface area contributed by atoms with Gasteiger partial charge in [0.2, 0.25) is 0 Å². The Hall–Kier alpha value is -0.820. The van der Waals surface area contributed by atoms with E-state index in [1.807, 2.05) is 0 Å². The maximum atomic E-state index is 9.87. The van der Waals surface area contributed by atoms with Crippen LogP contribution in [-0.2, 0) is 5.41 Å². The van der Waals surface area contributed by atoms with Crippen LogP contribution in [-0.4, -0.2) is 0 Å². The van der Waals surface area contributed by atoms with Gasteiger partial charge in [0.15, 0.2) is 7.14 Å². The van der Waals surface area contributed by atoms with Gasteiger partial charge >= 0.3 is 54.2 Å². The van der Waals surface area contributed by atoms with E-state index < -0.39 is 7.81 Å². The van der Waals surface area contributed by atoms with Crippen LogP contribution in [0.25, 0.3) is 0 Å². The van der Waals surface area contributed by atoms with Gasteiger partial charge in [0, 0.05) is 0 Å². The van der Waals surface area contributed by atoms with Crippen molar-refractivity contribution in [2.45, 2.75) is 39.5 Å². The molecule has 2 aromatic rings. The molecule has 0 aliphatic carbocycles. The summed E-state index contributed by atoms with van der Waals surface area (Å²) in [7, 11) is -10.7. The van der Waals surface area contributed by atoms with Crippen molar-refractivity contribution >= 4 is 7.81 Å². The van der Waals surface area contributed by atoms with Gasteiger partial charge in [-0.3, -0.25) is 0 Å². The number of hydrogen-bond donors (Lipinski definition) is 0. The van der Waals surface area contributed by atoms with E-state index in [0.717, 1.165) is 0 Å². The minimum atomic E-state index is -10.7. The average molecular weight is 510 g/mol. The predicted molar refractivity (Wildman–Crippen MR) is 91.9 cm³/mol. The molecule has 0 atom stereocenters. The Morgan fingerprint density at radius 1 is 0.769 bits per heavy atom. The van der Waals surface area contributed by atoms with Gasteiger partial charge in [-0.2, -0.15) is 0 Å². The molecule has 0 aliphatic heterocycles. The van der Waals surface area contributed by atoms with Crippen LogP contribution >= 0.6 is 7.81 Å². The van der Waals surface area contributed by atoms with Gasteiger partial charge in [-0.15, -0.1) is 0 Å². The van der Waals surface area contributed by atoms with E-state index in [1.165, 1.54) is 24.7 Å². The van der Waals surface area contributed by atoms with Crippen LogP contribution in [0.5, 0.6) is 0 Å². The van der Waals surface area contributed by atoms with Crippen molar-refractivity contribution in [1.82, 2.24) is 0 Å². The van der Waals surface area contributed by atoms with E-state index in [2.05, 4.69) is 76.2 Å². The second-order valence-corrected chi connectivity index (χ2v) is 11.5. The van der Waals surface area contributed by atoms with Gasteiger partial charge in [-0.05, 0) is 48.6 Å². The van der Waals surface area contributed by atoms with Gasteiger partial charge in [-0.25, -0.2) is 0 Å². The molecule has 2 rings (SSSR count). The van der Waals surface area contributed by atoms with E-state index >= 15 is 0 Å². The molecule has 0 saturated carbocycles. The monoisotopic (exact) mass is 510 g/mol. The first-order chi connectivity index (χ1) is 11.5. The van der Waals surface area contributed by atoms with Crippen LogP contribution in [0.3, 0.4) is 0 Å². The van der Waals surface area contributed by atoms with Crippen molar-refractivity contribution < 1.29 is 46.4 Å². The van der Waals surface area contributed by atoms with Crippen molar-refractivity contribution in [2.75, 3.05) is 0 Å². The standard InChI is InChI=1S/C18H22I.F6P/c1-5-18(3,4)15-8-12-17(13-9-15)19-16-10-6-14(2)7-11-16;1-7(2,3,4,5)6/h6-13H,5H2,1-4H3;/q+1;-1. The van der Waals surface area contributed by atoms with Crippen LogP contribution in [0.1, 0.15) is 38.3 Å². The molecule has 0 unspecified atom stereocenters. The summed E-state index contributed by atoms with van der Waals surface area (Å²) in [5, 5.41) is 0. The van der Waals surface area contributed by atoms with Crippen LogP contribution in [0.2, 0.25) is 0 Å². The van der Waals surface area contributed by atoms with Crippen LogP contribution in [0, 0.1) is 14.1 Å². The van der Waals surface area contributed by atoms with Crippen molar-refractivity contribution in [1.29, 1.82) is 0 Å². The molecular weight excluding hydrogens is 488 g/mol. The number of rotatable bonds is 4. The third-order valence-corrected chi connectivity index (χ3v) is 6.42. The molecule has 0 N–H and O–H groups in total. The first-order valence-corrected chi connectivity index (χ1v) is 12.0. The van der Waals surface area contributed by atoms with Crippen LogP contribution in [0.4, 0.5) is 25.2 Å². The Labute approximate surface area is 160 Å². The molecule has 0 radical (unpaired) electrons. The summed E-state index contributed by atoms with van der Waals surface area (Å²) in [4.78, 5) is 0. The minimum absolute atomic E-state index is 0.0381. The van der Waals surface area contributed by atoms with E-state index in [9.17, 15) is 25.2 Å². The first kappa shape index (κ1) is 23.2. The summed E-state index contributed by atoms with van der Waals surface area (Å²) in [5.74, 6) is 0. The number of hydrogen-bond acceptors (Lipinski definition) is 0. The molecule has 0 bridgehead atoms. The topological polar surface area (TPSA) is 0 Å². The van der Waals surface area contributed by atoms with Gasteiger partial charge in [0.1, 0.15) is 0 Å². The Bertz CT molecular complexity index is 708. The third kappa shape index (κ3) is 11.0. The van der Waals surface area contributed by atoms with Gasteiger partial charge < -0.3 is 0 Å². The molecule has 0 amide bonds. The summed E-state index contributed by atoms with van der Waals surface area (Å²) in [5.41, 5.74) is 3.08. The zero-order chi connectivity index (χ0) is 20.3. The fraction of sp³-hybridized carbons (Fsp3) is 0.333. The Balaban J connectivity index is 0.000000412. The van der Waals surface area contributed by atoms with Crippen molar-refractivity contribution in [2.24, 2.45) is 0 Å². The normalized spacial score (nSPS) is 14.7. The van der Waals surface area contributed by atoms with Gasteiger partial charge in [0.25, 0.3) is 0 Å². The maximum absolute atomic E-state index is 10.7. The number of benzene rings is 2. The Morgan fingerprint density at radius 3 is 1.46 bits per heavy atom. The van der Waals surface area contributed by atoms with E-state index in [4.69, 9.17) is 0 Å². The van der Waals surface area contributed by atoms with Gasteiger partial charge in [0.05, 0.1) is 0 Å². The van der Waals surface area contributed by atoms with Crippen molar-refractivity contribution in [3.05, 3.63) is 66.8 Å². The molecule has 148 valence electrons. The van der Waals surface area contributed by atoms with E-state index in [1.54, 1.807) is 0 Å². The summed E-state index contributed by atoms with van der Waals surface area (Å²) in [6, 6.07) is 18.2. The Kier molecular flexibility index (Phi) is 6.52. The summed E-state index contributed by atoms with van der Waals surface area (Å²) < 4.78 is 62.2. The van der Waals surface area contributed by atoms with Crippen LogP contribution < -0.4 is 21.2 Å². The summed E-state index contributed by atoms with van der Waals surface area (Å²) >= 11 is -0.0381. The molecule has 26 heavy (non-hydrogen) atoms. The zero-order valence-electron chi connectivity index (χ0n) is 14.9. The molecule has 0 saturated heterocycles. The van der Waals surface area contributed by atoms with Gasteiger partial charge in [-0.1, -0.05) is 50.6 Å². The van der Waals surface area contributed by atoms with Crippen LogP contribution in [0.15, 0.2) is 48.5 Å². The van der Waals surface area contributed by atoms with Crippen molar-refractivity contribution in [3.63, 3.8) is 0 Å². The predicted octanol–water partition coefficient (Wildman–Crippen LogP) is 5.19. The SMILES string of the molecule is CCC(C)(C)c1ccc([I+]c2ccc(C)cc2)cc1.F[P-](F)(F)(F)(F)F. The van der Waals surface area contributed by atoms with Crippen molar-refractivity contribution in [3.8, 4) is 0 Å². The molecule has 2 aromatic carbocycles. The van der Waals surface area contributed by atoms with E-state index in [0.29, 0.717) is 5.41 Å². The second-order valence-electron chi connectivity index (χ2n) is 6.59. The fourth-order valence-electron chi connectivity index (χ4n) is 1.89. The fourth-order valence-corrected chi connectivity index (χ4v) is 4.05. The second kappa shape index (κ2) is 7.30. The molecule has 0 heterocycles.